The Morgan fingerprint density at radius 3 is 1.66 bits per heavy atom. The van der Waals surface area contributed by atoms with Crippen LogP contribution in [0, 0.1) is 24.5 Å². The van der Waals surface area contributed by atoms with Crippen molar-refractivity contribution < 1.29 is 0 Å². The molecule has 0 radical (unpaired) electrons. The standard InChI is InChI=1S/C45H25N5/c1-47-31-20-24-43-38(26-31)35-12-4-6-15-40(35)49(43)33-22-18-29(19-23-33)45-30(28-46)10-9-14-37(45)34-11-3-7-16-41(34)50-42-17-8-5-13-36(42)39-27-32(48-2)21-25-44(39)50/h3-27H. The molecule has 2 heterocycles. The smallest absolute Gasteiger partial charge is 0.188 e. The Bertz CT molecular complexity index is 2960. The van der Waals surface area contributed by atoms with Crippen molar-refractivity contribution in [2.75, 3.05) is 0 Å². The van der Waals surface area contributed by atoms with E-state index in [0.29, 0.717) is 16.9 Å². The molecule has 9 aromatic rings. The van der Waals surface area contributed by atoms with Gasteiger partial charge in [0.05, 0.1) is 52.5 Å². The quantitative estimate of drug-likeness (QED) is 0.177. The van der Waals surface area contributed by atoms with E-state index in [1.54, 1.807) is 0 Å². The van der Waals surface area contributed by atoms with Crippen molar-refractivity contribution in [3.8, 4) is 39.7 Å². The van der Waals surface area contributed by atoms with Gasteiger partial charge >= 0.3 is 0 Å². The molecular weight excluding hydrogens is 611 g/mol. The van der Waals surface area contributed by atoms with Gasteiger partial charge in [0.15, 0.2) is 11.4 Å². The Balaban J connectivity index is 1.24. The van der Waals surface area contributed by atoms with Crippen molar-refractivity contribution in [3.63, 3.8) is 0 Å². The third-order valence-corrected chi connectivity index (χ3v) is 9.60. The van der Waals surface area contributed by atoms with Crippen LogP contribution in [0.15, 0.2) is 152 Å². The van der Waals surface area contributed by atoms with Gasteiger partial charge in [-0.05, 0) is 82.6 Å². The molecule has 0 unspecified atom stereocenters. The van der Waals surface area contributed by atoms with E-state index in [0.717, 1.165) is 77.2 Å². The molecule has 0 aliphatic rings. The minimum atomic E-state index is 0.595. The summed E-state index contributed by atoms with van der Waals surface area (Å²) in [6, 6.07) is 53.4. The second kappa shape index (κ2) is 11.4. The normalized spacial score (nSPS) is 11.1. The van der Waals surface area contributed by atoms with Gasteiger partial charge in [0.25, 0.3) is 0 Å². The Morgan fingerprint density at radius 2 is 1.02 bits per heavy atom. The molecule has 230 valence electrons. The van der Waals surface area contributed by atoms with Gasteiger partial charge in [-0.1, -0.05) is 91.0 Å². The molecule has 5 heteroatoms. The number of hydrogen-bond donors (Lipinski definition) is 0. The molecule has 0 atom stereocenters. The van der Waals surface area contributed by atoms with E-state index in [4.69, 9.17) is 13.1 Å². The zero-order chi connectivity index (χ0) is 33.8. The summed E-state index contributed by atoms with van der Waals surface area (Å²) in [5.41, 5.74) is 11.7. The lowest BCUT2D eigenvalue weighted by atomic mass is 9.90. The fourth-order valence-corrected chi connectivity index (χ4v) is 7.45. The second-order valence-corrected chi connectivity index (χ2v) is 12.2. The zero-order valence-electron chi connectivity index (χ0n) is 26.7. The number of aromatic nitrogens is 2. The third kappa shape index (κ3) is 4.31. The minimum absolute atomic E-state index is 0.595. The summed E-state index contributed by atoms with van der Waals surface area (Å²) in [7, 11) is 0. The van der Waals surface area contributed by atoms with E-state index in [-0.39, 0.29) is 0 Å². The summed E-state index contributed by atoms with van der Waals surface area (Å²) in [5.74, 6) is 0. The van der Waals surface area contributed by atoms with Gasteiger partial charge in [0.2, 0.25) is 0 Å². The number of rotatable bonds is 4. The van der Waals surface area contributed by atoms with Crippen LogP contribution in [0.25, 0.3) is 86.9 Å². The van der Waals surface area contributed by atoms with Crippen LogP contribution in [0.5, 0.6) is 0 Å². The van der Waals surface area contributed by atoms with Crippen LogP contribution in [0.1, 0.15) is 5.56 Å². The Hall–Kier alpha value is -7.39. The number of para-hydroxylation sites is 3. The third-order valence-electron chi connectivity index (χ3n) is 9.60. The molecule has 5 nitrogen and oxygen atoms in total. The van der Waals surface area contributed by atoms with Crippen LogP contribution in [0.4, 0.5) is 11.4 Å². The lowest BCUT2D eigenvalue weighted by molar-refractivity contribution is 1.18. The summed E-state index contributed by atoms with van der Waals surface area (Å²) in [6.45, 7) is 15.1. The van der Waals surface area contributed by atoms with Crippen LogP contribution in [0.3, 0.4) is 0 Å². The van der Waals surface area contributed by atoms with E-state index in [2.05, 4.69) is 91.6 Å². The summed E-state index contributed by atoms with van der Waals surface area (Å²) >= 11 is 0. The van der Waals surface area contributed by atoms with Crippen LogP contribution in [0.2, 0.25) is 0 Å². The second-order valence-electron chi connectivity index (χ2n) is 12.2. The van der Waals surface area contributed by atoms with Gasteiger partial charge in [0, 0.05) is 27.6 Å². The van der Waals surface area contributed by atoms with Gasteiger partial charge in [-0.3, -0.25) is 0 Å². The first-order chi connectivity index (χ1) is 24.7. The van der Waals surface area contributed by atoms with Crippen LogP contribution in [-0.2, 0) is 0 Å². The maximum absolute atomic E-state index is 10.4. The molecule has 0 bridgehead atoms. The Morgan fingerprint density at radius 1 is 0.480 bits per heavy atom. The largest absolute Gasteiger partial charge is 0.309 e. The SMILES string of the molecule is [C-]#[N+]c1ccc2c(c1)c1ccccc1n2-c1ccc(-c2c(C#N)cccc2-c2ccccc2-n2c3ccccc3c3cc([N+]#[C-])ccc32)cc1. The van der Waals surface area contributed by atoms with Gasteiger partial charge < -0.3 is 9.13 Å². The maximum atomic E-state index is 10.4. The van der Waals surface area contributed by atoms with Crippen LogP contribution >= 0.6 is 0 Å². The van der Waals surface area contributed by atoms with Crippen molar-refractivity contribution in [3.05, 3.63) is 180 Å². The van der Waals surface area contributed by atoms with Crippen molar-refractivity contribution in [1.82, 2.24) is 9.13 Å². The predicted octanol–water partition coefficient (Wildman–Crippen LogP) is 12.2. The first-order valence-corrected chi connectivity index (χ1v) is 16.2. The Labute approximate surface area is 288 Å². The average molecular weight is 636 g/mol. The number of hydrogen-bond acceptors (Lipinski definition) is 1. The topological polar surface area (TPSA) is 42.4 Å². The minimum Gasteiger partial charge on any atom is -0.309 e. The molecule has 2 aromatic heterocycles. The first kappa shape index (κ1) is 28.8. The van der Waals surface area contributed by atoms with Crippen molar-refractivity contribution >= 4 is 55.0 Å². The van der Waals surface area contributed by atoms with E-state index in [1.807, 2.05) is 84.9 Å². The molecular formula is C45H25N5. The summed E-state index contributed by atoms with van der Waals surface area (Å²) < 4.78 is 4.50. The zero-order valence-corrected chi connectivity index (χ0v) is 26.7. The van der Waals surface area contributed by atoms with Crippen molar-refractivity contribution in [2.45, 2.75) is 0 Å². The molecule has 50 heavy (non-hydrogen) atoms. The summed E-state index contributed by atoms with van der Waals surface area (Å²) in [5, 5.41) is 14.7. The summed E-state index contributed by atoms with van der Waals surface area (Å²) in [6.07, 6.45) is 0. The molecule has 0 amide bonds. The number of fused-ring (bicyclic) bond motifs is 6. The van der Waals surface area contributed by atoms with Crippen molar-refractivity contribution in [1.29, 1.82) is 5.26 Å². The average Bonchev–Trinajstić information content (AvgIpc) is 3.69. The summed E-state index contributed by atoms with van der Waals surface area (Å²) in [4.78, 5) is 7.36. The molecule has 9 rings (SSSR count). The van der Waals surface area contributed by atoms with E-state index < -0.39 is 0 Å². The monoisotopic (exact) mass is 635 g/mol. The van der Waals surface area contributed by atoms with Gasteiger partial charge in [-0.15, -0.1) is 0 Å². The number of benzene rings is 7. The highest BCUT2D eigenvalue weighted by Crippen LogP contribution is 2.42. The Kier molecular flexibility index (Phi) is 6.56. The predicted molar refractivity (Wildman–Crippen MR) is 203 cm³/mol. The van der Waals surface area contributed by atoms with Crippen LogP contribution in [-0.4, -0.2) is 9.13 Å². The molecule has 0 aliphatic heterocycles. The van der Waals surface area contributed by atoms with E-state index >= 15 is 0 Å². The molecule has 0 aliphatic carbocycles. The lowest BCUT2D eigenvalue weighted by Gasteiger charge is -2.18. The molecule has 0 saturated carbocycles. The maximum Gasteiger partial charge on any atom is 0.188 e. The van der Waals surface area contributed by atoms with Gasteiger partial charge in [0.1, 0.15) is 0 Å². The highest BCUT2D eigenvalue weighted by Gasteiger charge is 2.20. The number of nitriles is 1. The highest BCUT2D eigenvalue weighted by atomic mass is 15.0. The molecule has 7 aromatic carbocycles. The van der Waals surface area contributed by atoms with Crippen LogP contribution < -0.4 is 0 Å². The molecule has 0 N–H and O–H groups in total. The van der Waals surface area contributed by atoms with Gasteiger partial charge in [-0.25, -0.2) is 9.69 Å². The fraction of sp³-hybridized carbons (Fsp3) is 0. The van der Waals surface area contributed by atoms with E-state index in [1.165, 1.54) is 0 Å². The molecule has 0 fully saturated rings. The van der Waals surface area contributed by atoms with Gasteiger partial charge in [-0.2, -0.15) is 5.26 Å². The lowest BCUT2D eigenvalue weighted by Crippen LogP contribution is -1.99. The first-order valence-electron chi connectivity index (χ1n) is 16.2. The van der Waals surface area contributed by atoms with E-state index in [9.17, 15) is 5.26 Å². The number of nitrogens with zero attached hydrogens (tertiary/aromatic N) is 5. The molecule has 0 saturated heterocycles. The fourth-order valence-electron chi connectivity index (χ4n) is 7.45. The highest BCUT2D eigenvalue weighted by molar-refractivity contribution is 6.12. The van der Waals surface area contributed by atoms with Crippen molar-refractivity contribution in [2.24, 2.45) is 0 Å². The molecule has 0 spiro atoms.